The van der Waals surface area contributed by atoms with Gasteiger partial charge in [0, 0.05) is 4.88 Å². The fourth-order valence-corrected chi connectivity index (χ4v) is 4.01. The molecule has 3 nitrogen and oxygen atoms in total. The van der Waals surface area contributed by atoms with Crippen LogP contribution in [0.2, 0.25) is 0 Å². The predicted octanol–water partition coefficient (Wildman–Crippen LogP) is 3.92. The Kier molecular flexibility index (Phi) is 4.55. The summed E-state index contributed by atoms with van der Waals surface area (Å²) >= 11 is 1.61. The summed E-state index contributed by atoms with van der Waals surface area (Å²) in [5.41, 5.74) is 0.942. The highest BCUT2D eigenvalue weighted by atomic mass is 32.1. The number of carbonyl (C=O) groups is 1. The Labute approximate surface area is 133 Å². The molecule has 0 saturated carbocycles. The Morgan fingerprint density at radius 2 is 2.05 bits per heavy atom. The third-order valence-corrected chi connectivity index (χ3v) is 5.08. The molecule has 5 heteroatoms. The summed E-state index contributed by atoms with van der Waals surface area (Å²) in [7, 11) is 0. The molecule has 0 radical (unpaired) electrons. The molecule has 0 aliphatic carbocycles. The highest BCUT2D eigenvalue weighted by molar-refractivity contribution is 7.10. The first-order valence-electron chi connectivity index (χ1n) is 7.44. The van der Waals surface area contributed by atoms with Crippen LogP contribution in [-0.4, -0.2) is 28.6 Å². The minimum atomic E-state index is -0.775. The molecule has 0 spiro atoms. The molecule has 1 fully saturated rings. The lowest BCUT2D eigenvalue weighted by atomic mass is 9.95. The van der Waals surface area contributed by atoms with Gasteiger partial charge in [0.05, 0.1) is 6.04 Å². The van der Waals surface area contributed by atoms with E-state index in [1.807, 2.05) is 22.4 Å². The first kappa shape index (κ1) is 15.2. The van der Waals surface area contributed by atoms with E-state index in [4.69, 9.17) is 0 Å². The summed E-state index contributed by atoms with van der Waals surface area (Å²) in [5, 5.41) is 11.5. The van der Waals surface area contributed by atoms with Crippen LogP contribution < -0.4 is 0 Å². The molecule has 2 atom stereocenters. The zero-order valence-corrected chi connectivity index (χ0v) is 12.9. The number of carboxylic acids is 1. The van der Waals surface area contributed by atoms with Crippen LogP contribution >= 0.6 is 11.3 Å². The number of likely N-dealkylation sites (tertiary alicyclic amines) is 1. The monoisotopic (exact) mass is 319 g/mol. The van der Waals surface area contributed by atoms with Crippen molar-refractivity contribution >= 4 is 17.3 Å². The molecule has 0 bridgehead atoms. The van der Waals surface area contributed by atoms with Crippen LogP contribution in [0.25, 0.3) is 0 Å². The van der Waals surface area contributed by atoms with Crippen molar-refractivity contribution in [2.75, 3.05) is 6.54 Å². The van der Waals surface area contributed by atoms with E-state index in [9.17, 15) is 14.3 Å². The summed E-state index contributed by atoms with van der Waals surface area (Å²) in [6, 6.07) is 9.78. The topological polar surface area (TPSA) is 40.5 Å². The average molecular weight is 319 g/mol. The molecule has 2 heterocycles. The Bertz CT molecular complexity index is 627. The maximum Gasteiger partial charge on any atom is 0.320 e. The van der Waals surface area contributed by atoms with Gasteiger partial charge in [0.25, 0.3) is 0 Å². The third kappa shape index (κ3) is 3.05. The van der Waals surface area contributed by atoms with E-state index in [-0.39, 0.29) is 11.9 Å². The van der Waals surface area contributed by atoms with Gasteiger partial charge in [-0.3, -0.25) is 9.69 Å². The van der Waals surface area contributed by atoms with E-state index in [1.165, 1.54) is 12.1 Å². The van der Waals surface area contributed by atoms with E-state index in [0.29, 0.717) is 6.42 Å². The van der Waals surface area contributed by atoms with Gasteiger partial charge in [-0.05, 0) is 48.5 Å². The number of hydrogen-bond acceptors (Lipinski definition) is 3. The fourth-order valence-electron chi connectivity index (χ4n) is 3.14. The van der Waals surface area contributed by atoms with Crippen molar-refractivity contribution in [1.82, 2.24) is 4.90 Å². The molecule has 3 rings (SSSR count). The zero-order valence-electron chi connectivity index (χ0n) is 12.1. The van der Waals surface area contributed by atoms with Gasteiger partial charge in [0.15, 0.2) is 0 Å². The second-order valence-electron chi connectivity index (χ2n) is 5.56. The van der Waals surface area contributed by atoms with Crippen LogP contribution in [0.4, 0.5) is 4.39 Å². The highest BCUT2D eigenvalue weighted by Crippen LogP contribution is 2.36. The molecule has 1 N–H and O–H groups in total. The second-order valence-corrected chi connectivity index (χ2v) is 6.54. The molecule has 2 unspecified atom stereocenters. The molecular formula is C17H18FNO2S. The zero-order chi connectivity index (χ0) is 15.5. The Hall–Kier alpha value is -1.72. The number of piperidine rings is 1. The van der Waals surface area contributed by atoms with E-state index in [1.54, 1.807) is 23.5 Å². The SMILES string of the molecule is O=C(O)C1CCCCN1C(c1ccc(F)cc1)c1cccs1. The van der Waals surface area contributed by atoms with Crippen molar-refractivity contribution in [2.24, 2.45) is 0 Å². The number of hydrogen-bond donors (Lipinski definition) is 1. The molecule has 2 aromatic rings. The molecule has 116 valence electrons. The number of rotatable bonds is 4. The van der Waals surface area contributed by atoms with Gasteiger partial charge in [0.1, 0.15) is 11.9 Å². The van der Waals surface area contributed by atoms with E-state index >= 15 is 0 Å². The molecule has 1 saturated heterocycles. The minimum absolute atomic E-state index is 0.123. The molecule has 1 aromatic carbocycles. The summed E-state index contributed by atoms with van der Waals surface area (Å²) < 4.78 is 13.2. The smallest absolute Gasteiger partial charge is 0.320 e. The standard InChI is InChI=1S/C17H18FNO2S/c18-13-8-6-12(7-9-13)16(15-5-3-11-22-15)19-10-2-1-4-14(19)17(20)21/h3,5-9,11,14,16H,1-2,4,10H2,(H,20,21). The highest BCUT2D eigenvalue weighted by Gasteiger charge is 2.35. The van der Waals surface area contributed by atoms with Crippen LogP contribution in [0.5, 0.6) is 0 Å². The van der Waals surface area contributed by atoms with E-state index in [0.717, 1.165) is 29.8 Å². The molecule has 1 aliphatic heterocycles. The van der Waals surface area contributed by atoms with Crippen LogP contribution in [0.15, 0.2) is 41.8 Å². The van der Waals surface area contributed by atoms with Gasteiger partial charge in [0.2, 0.25) is 0 Å². The van der Waals surface area contributed by atoms with E-state index in [2.05, 4.69) is 0 Å². The van der Waals surface area contributed by atoms with Crippen LogP contribution in [0.1, 0.15) is 35.7 Å². The number of nitrogens with zero attached hydrogens (tertiary/aromatic N) is 1. The van der Waals surface area contributed by atoms with Crippen LogP contribution in [-0.2, 0) is 4.79 Å². The van der Waals surface area contributed by atoms with Crippen molar-refractivity contribution in [3.63, 3.8) is 0 Å². The lowest BCUT2D eigenvalue weighted by Crippen LogP contribution is -2.46. The normalized spacial score (nSPS) is 20.7. The first-order chi connectivity index (χ1) is 10.7. The molecule has 1 aliphatic rings. The number of halogens is 1. The Balaban J connectivity index is 2.01. The summed E-state index contributed by atoms with van der Waals surface area (Å²) in [4.78, 5) is 14.8. The van der Waals surface area contributed by atoms with Gasteiger partial charge < -0.3 is 5.11 Å². The van der Waals surface area contributed by atoms with Gasteiger partial charge in [-0.1, -0.05) is 24.6 Å². The van der Waals surface area contributed by atoms with Crippen molar-refractivity contribution in [2.45, 2.75) is 31.3 Å². The summed E-state index contributed by atoms with van der Waals surface area (Å²) in [6.45, 7) is 0.747. The maximum atomic E-state index is 13.2. The molecule has 1 aromatic heterocycles. The van der Waals surface area contributed by atoms with Crippen molar-refractivity contribution < 1.29 is 14.3 Å². The van der Waals surface area contributed by atoms with Crippen molar-refractivity contribution in [3.8, 4) is 0 Å². The number of benzene rings is 1. The van der Waals surface area contributed by atoms with Crippen molar-refractivity contribution in [1.29, 1.82) is 0 Å². The third-order valence-electron chi connectivity index (χ3n) is 4.16. The van der Waals surface area contributed by atoms with Crippen molar-refractivity contribution in [3.05, 3.63) is 58.0 Å². The second kappa shape index (κ2) is 6.58. The number of thiophene rings is 1. The largest absolute Gasteiger partial charge is 0.480 e. The predicted molar refractivity (Wildman–Crippen MR) is 84.5 cm³/mol. The fraction of sp³-hybridized carbons (Fsp3) is 0.353. The minimum Gasteiger partial charge on any atom is -0.480 e. The first-order valence-corrected chi connectivity index (χ1v) is 8.32. The van der Waals surface area contributed by atoms with Crippen LogP contribution in [0.3, 0.4) is 0 Å². The lowest BCUT2D eigenvalue weighted by molar-refractivity contribution is -0.145. The van der Waals surface area contributed by atoms with E-state index < -0.39 is 12.0 Å². The maximum absolute atomic E-state index is 13.2. The molecule has 22 heavy (non-hydrogen) atoms. The molecular weight excluding hydrogens is 301 g/mol. The summed E-state index contributed by atoms with van der Waals surface area (Å²) in [6.07, 6.45) is 2.60. The average Bonchev–Trinajstić information content (AvgIpc) is 3.04. The summed E-state index contributed by atoms with van der Waals surface area (Å²) in [5.74, 6) is -1.05. The quantitative estimate of drug-likeness (QED) is 0.928. The van der Waals surface area contributed by atoms with Gasteiger partial charge in [-0.25, -0.2) is 4.39 Å². The van der Waals surface area contributed by atoms with Gasteiger partial charge in [-0.15, -0.1) is 11.3 Å². The van der Waals surface area contributed by atoms with Gasteiger partial charge in [-0.2, -0.15) is 0 Å². The Morgan fingerprint density at radius 3 is 2.68 bits per heavy atom. The van der Waals surface area contributed by atoms with Crippen LogP contribution in [0, 0.1) is 5.82 Å². The Morgan fingerprint density at radius 1 is 1.27 bits per heavy atom. The number of aliphatic carboxylic acids is 1. The van der Waals surface area contributed by atoms with Gasteiger partial charge >= 0.3 is 5.97 Å². The lowest BCUT2D eigenvalue weighted by Gasteiger charge is -2.39. The number of carboxylic acid groups (broad SMARTS) is 1. The molecule has 0 amide bonds.